The minimum Gasteiger partial charge on any atom is -0.457 e. The van der Waals surface area contributed by atoms with E-state index in [0.29, 0.717) is 41.3 Å². The largest absolute Gasteiger partial charge is 0.464 e. The van der Waals surface area contributed by atoms with Crippen molar-refractivity contribution in [1.29, 1.82) is 0 Å². The van der Waals surface area contributed by atoms with Gasteiger partial charge in [0, 0.05) is 17.1 Å². The molecule has 29 heteroatoms. The molecule has 7 aromatic carbocycles. The van der Waals surface area contributed by atoms with Crippen molar-refractivity contribution in [3.05, 3.63) is 221 Å². The van der Waals surface area contributed by atoms with E-state index in [0.717, 1.165) is 22.3 Å². The lowest BCUT2D eigenvalue weighted by Crippen LogP contribution is -2.73. The van der Waals surface area contributed by atoms with Crippen LogP contribution < -0.4 is 14.4 Å². The second-order valence-corrected chi connectivity index (χ2v) is 18.4. The zero-order chi connectivity index (χ0) is 64.4. The molecule has 0 bridgehead atoms. The molecule has 0 amide bonds. The molecule has 7 aromatic rings. The van der Waals surface area contributed by atoms with Crippen LogP contribution in [0.5, 0.6) is 11.5 Å². The van der Waals surface area contributed by atoms with Gasteiger partial charge < -0.3 is 23.8 Å². The molecule has 87 heavy (non-hydrogen) atoms. The zero-order valence-electron chi connectivity index (χ0n) is 43.0. The summed E-state index contributed by atoms with van der Waals surface area (Å²) < 4.78 is 316. The number of hydrogen-bond acceptors (Lipinski definition) is 7. The van der Waals surface area contributed by atoms with Gasteiger partial charge in [0.05, 0.1) is 11.1 Å². The van der Waals surface area contributed by atoms with Crippen LogP contribution in [0.1, 0.15) is 48.5 Å². The molecule has 462 valence electrons. The number of anilines is 3. The van der Waals surface area contributed by atoms with Crippen LogP contribution in [0.25, 0.3) is 11.6 Å². The molecule has 0 spiro atoms. The summed E-state index contributed by atoms with van der Waals surface area (Å²) in [4.78, 5) is 27.5. The highest BCUT2D eigenvalue weighted by molar-refractivity contribution is 5.92. The van der Waals surface area contributed by atoms with Gasteiger partial charge in [-0.1, -0.05) is 97.1 Å². The van der Waals surface area contributed by atoms with E-state index in [1.54, 1.807) is 29.2 Å². The van der Waals surface area contributed by atoms with Crippen LogP contribution in [-0.2, 0) is 22.7 Å². The van der Waals surface area contributed by atoms with Crippen molar-refractivity contribution in [1.82, 2.24) is 0 Å². The van der Waals surface area contributed by atoms with Crippen LogP contribution in [0.15, 0.2) is 182 Å². The van der Waals surface area contributed by atoms with Gasteiger partial charge >= 0.3 is 72.0 Å². The van der Waals surface area contributed by atoms with Crippen LogP contribution in [0, 0.1) is 0 Å². The summed E-state index contributed by atoms with van der Waals surface area (Å²) in [5.74, 6) is -20.1. The Labute approximate surface area is 475 Å². The van der Waals surface area contributed by atoms with Gasteiger partial charge in [0.25, 0.3) is 0 Å². The molecule has 2 unspecified atom stereocenters. The summed E-state index contributed by atoms with van der Waals surface area (Å²) in [6, 6.07) is 40.3. The van der Waals surface area contributed by atoms with E-state index in [1.165, 1.54) is 48.5 Å². The van der Waals surface area contributed by atoms with E-state index in [1.807, 2.05) is 66.7 Å². The Kier molecular flexibility index (Phi) is 18.2. The number of carbonyl (C=O) groups is 2. The van der Waals surface area contributed by atoms with Crippen molar-refractivity contribution in [2.24, 2.45) is 0 Å². The average molecular weight is 1260 g/mol. The number of nitrogens with zero attached hydrogens (tertiary/aromatic N) is 1. The average Bonchev–Trinajstić information content (AvgIpc) is 0.720. The van der Waals surface area contributed by atoms with Crippen molar-refractivity contribution < 1.29 is 125 Å². The highest BCUT2D eigenvalue weighted by Crippen LogP contribution is 2.61. The lowest BCUT2D eigenvalue weighted by atomic mass is 9.93. The number of carbonyl (C=O) groups excluding carboxylic acids is 2. The molecule has 0 aliphatic rings. The molecule has 0 fully saturated rings. The minimum absolute atomic E-state index is 0.151. The third-order valence-electron chi connectivity index (χ3n) is 12.6. The first-order chi connectivity index (χ1) is 40.3. The topological polar surface area (TPSA) is 74.3 Å². The van der Waals surface area contributed by atoms with Crippen molar-refractivity contribution in [2.75, 3.05) is 4.90 Å². The zero-order valence-corrected chi connectivity index (χ0v) is 43.0. The number of alkyl halides is 22. The molecular formula is C58H35F22NO6. The van der Waals surface area contributed by atoms with Gasteiger partial charge in [0.15, 0.2) is 0 Å². The summed E-state index contributed by atoms with van der Waals surface area (Å²) >= 11 is 0. The van der Waals surface area contributed by atoms with Crippen LogP contribution in [0.4, 0.5) is 114 Å². The Morgan fingerprint density at radius 3 is 0.897 bits per heavy atom. The van der Waals surface area contributed by atoms with Gasteiger partial charge in [0.2, 0.25) is 0 Å². The quantitative estimate of drug-likeness (QED) is 0.0481. The second-order valence-electron chi connectivity index (χ2n) is 18.4. The highest BCUT2D eigenvalue weighted by Gasteiger charge is 2.93. The number of benzene rings is 7. The highest BCUT2D eigenvalue weighted by atomic mass is 19.5. The van der Waals surface area contributed by atoms with Gasteiger partial charge in [-0.15, -0.1) is 0 Å². The van der Waals surface area contributed by atoms with E-state index >= 15 is 0 Å². The maximum atomic E-state index is 14.9. The number of halogens is 22. The van der Waals surface area contributed by atoms with Crippen molar-refractivity contribution in [3.63, 3.8) is 0 Å². The molecule has 0 radical (unpaired) electrons. The van der Waals surface area contributed by atoms with Gasteiger partial charge in [-0.25, -0.2) is 18.4 Å². The summed E-state index contributed by atoms with van der Waals surface area (Å²) in [6.45, 7) is -1.11. The Hall–Kier alpha value is -8.92. The monoisotopic (exact) mass is 1260 g/mol. The van der Waals surface area contributed by atoms with Crippen molar-refractivity contribution in [2.45, 2.75) is 73.3 Å². The first kappa shape index (κ1) is 65.6. The maximum absolute atomic E-state index is 14.9. The van der Waals surface area contributed by atoms with Crippen LogP contribution in [0.2, 0.25) is 0 Å². The Balaban J connectivity index is 1.10. The van der Waals surface area contributed by atoms with E-state index in [9.17, 15) is 106 Å². The Morgan fingerprint density at radius 1 is 0.333 bits per heavy atom. The van der Waals surface area contributed by atoms with Crippen LogP contribution in [0.3, 0.4) is 0 Å². The second kappa shape index (κ2) is 24.1. The summed E-state index contributed by atoms with van der Waals surface area (Å²) in [5.41, 5.74) is -11.2. The molecule has 0 saturated carbocycles. The Bertz CT molecular complexity index is 3280. The Morgan fingerprint density at radius 2 is 0.621 bits per heavy atom. The van der Waals surface area contributed by atoms with Gasteiger partial charge in [-0.2, -0.15) is 87.8 Å². The van der Waals surface area contributed by atoms with Gasteiger partial charge in [0.1, 0.15) is 24.7 Å². The fourth-order valence-corrected chi connectivity index (χ4v) is 8.19. The van der Waals surface area contributed by atoms with Gasteiger partial charge in [-0.3, -0.25) is 0 Å². The first-order valence-corrected chi connectivity index (χ1v) is 24.3. The molecule has 0 aromatic heterocycles. The van der Waals surface area contributed by atoms with E-state index in [4.69, 9.17) is 9.47 Å². The number of hydrogen-bond donors (Lipinski definition) is 0. The molecule has 2 atom stereocenters. The molecule has 0 N–H and O–H groups in total. The molecule has 0 aliphatic heterocycles. The normalized spacial score (nSPS) is 14.2. The van der Waals surface area contributed by atoms with Crippen LogP contribution in [-0.4, -0.2) is 72.0 Å². The standard InChI is InChI=1S/C58H35F22NO6/c59-49(53(63,64)65,54(66,67)68)51(61,57(75,76)77)86-44-27-17-39(18-28-44)47(82)84-32-35-13-23-42(24-14-35)81(41-21-11-34(12-22-41)31-46(37-7-3-1-4-8-37)38-9-5-2-6-10-38)43-25-15-36(16-26-43)33-85-48(83)40-19-29-45(30-20-40)87-52(62,58(78,79)80)50(60,55(69,70)71)56(72,73)74/h1-31H,32-33H2. The van der Waals surface area contributed by atoms with Crippen LogP contribution >= 0.6 is 0 Å². The molecule has 0 aliphatic carbocycles. The first-order valence-electron chi connectivity index (χ1n) is 24.3. The smallest absolute Gasteiger partial charge is 0.457 e. The predicted octanol–water partition coefficient (Wildman–Crippen LogP) is 18.3. The van der Waals surface area contributed by atoms with Gasteiger partial charge in [-0.05, 0) is 124 Å². The lowest BCUT2D eigenvalue weighted by molar-refractivity contribution is -0.454. The maximum Gasteiger partial charge on any atom is 0.464 e. The third kappa shape index (κ3) is 13.3. The number of esters is 2. The third-order valence-corrected chi connectivity index (χ3v) is 12.6. The minimum atomic E-state index is -7.63. The van der Waals surface area contributed by atoms with Crippen molar-refractivity contribution in [3.8, 4) is 11.5 Å². The predicted molar refractivity (Wildman–Crippen MR) is 265 cm³/mol. The number of rotatable bonds is 18. The SMILES string of the molecule is O=C(OCc1ccc(N(c2ccc(C=C(c3ccccc3)c3ccccc3)cc2)c2ccc(COC(=O)c3ccc(OC(F)(C(F)(F)F)C(F)(C(F)(F)F)C(F)(F)F)cc3)cc2)cc1)c1ccc(OC(F)(C(F)(F)F)C(F)(C(F)(F)F)C(F)(F)F)cc1. The fourth-order valence-electron chi connectivity index (χ4n) is 8.19. The molecule has 7 rings (SSSR count). The molecule has 0 heterocycles. The lowest BCUT2D eigenvalue weighted by Gasteiger charge is -2.41. The molecule has 7 nitrogen and oxygen atoms in total. The van der Waals surface area contributed by atoms with E-state index in [2.05, 4.69) is 9.47 Å². The number of ether oxygens (including phenoxy) is 4. The molecular weight excluding hydrogens is 1220 g/mol. The molecule has 0 saturated heterocycles. The van der Waals surface area contributed by atoms with E-state index < -0.39 is 108 Å². The van der Waals surface area contributed by atoms with E-state index in [-0.39, 0.29) is 35.4 Å². The summed E-state index contributed by atoms with van der Waals surface area (Å²) in [5, 5.41) is 0. The summed E-state index contributed by atoms with van der Waals surface area (Å²) in [6.07, 6.45) is -42.8. The van der Waals surface area contributed by atoms with Crippen molar-refractivity contribution >= 4 is 40.6 Å². The summed E-state index contributed by atoms with van der Waals surface area (Å²) in [7, 11) is 0. The fraction of sp³-hybridized carbons (Fsp3) is 0.207.